The zero-order chi connectivity index (χ0) is 26.3. The number of aromatic nitrogens is 1. The summed E-state index contributed by atoms with van der Waals surface area (Å²) in [5.74, 6) is -5.51. The lowest BCUT2D eigenvalue weighted by Crippen LogP contribution is -2.54. The van der Waals surface area contributed by atoms with Crippen molar-refractivity contribution in [3.63, 3.8) is 0 Å². The van der Waals surface area contributed by atoms with Crippen LogP contribution in [0.25, 0.3) is 0 Å². The number of halogens is 6. The van der Waals surface area contributed by atoms with Crippen molar-refractivity contribution in [2.45, 2.75) is 63.5 Å². The third-order valence-electron chi connectivity index (χ3n) is 6.53. The van der Waals surface area contributed by atoms with Crippen molar-refractivity contribution in [1.82, 2.24) is 14.8 Å². The van der Waals surface area contributed by atoms with Crippen LogP contribution in [0.1, 0.15) is 44.1 Å². The summed E-state index contributed by atoms with van der Waals surface area (Å²) < 4.78 is 63.5. The Morgan fingerprint density at radius 1 is 0.943 bits per heavy atom. The molecule has 2 aliphatic heterocycles. The first-order valence-electron chi connectivity index (χ1n) is 11.2. The van der Waals surface area contributed by atoms with Crippen LogP contribution in [0.5, 0.6) is 0 Å². The number of likely N-dealkylation sites (tertiary alicyclic amines) is 2. The highest BCUT2D eigenvalue weighted by Crippen LogP contribution is 2.51. The average Bonchev–Trinajstić information content (AvgIpc) is 3.27. The van der Waals surface area contributed by atoms with Gasteiger partial charge >= 0.3 is 24.3 Å². The molecular weight excluding hydrogens is 484 g/mol. The van der Waals surface area contributed by atoms with E-state index in [4.69, 9.17) is 19.8 Å². The Labute approximate surface area is 198 Å². The Morgan fingerprint density at radius 3 is 1.83 bits per heavy atom. The number of pyridine rings is 1. The quantitative estimate of drug-likeness (QED) is 0.586. The van der Waals surface area contributed by atoms with Crippen molar-refractivity contribution in [2.75, 3.05) is 26.2 Å². The van der Waals surface area contributed by atoms with E-state index in [1.165, 1.54) is 70.3 Å². The first-order valence-corrected chi connectivity index (χ1v) is 11.2. The first kappa shape index (κ1) is 28.8. The van der Waals surface area contributed by atoms with Crippen LogP contribution >= 0.6 is 0 Å². The lowest BCUT2D eigenvalue weighted by molar-refractivity contribution is -0.193. The lowest BCUT2D eigenvalue weighted by Gasteiger charge is -2.54. The van der Waals surface area contributed by atoms with Crippen LogP contribution in [0.15, 0.2) is 24.5 Å². The fourth-order valence-electron chi connectivity index (χ4n) is 4.65. The van der Waals surface area contributed by atoms with Crippen LogP contribution in [-0.4, -0.2) is 81.5 Å². The van der Waals surface area contributed by atoms with Crippen LogP contribution in [0.3, 0.4) is 0 Å². The number of carbonyl (C=O) groups is 2. The van der Waals surface area contributed by atoms with Gasteiger partial charge in [-0.25, -0.2) is 9.59 Å². The van der Waals surface area contributed by atoms with E-state index in [1.54, 1.807) is 0 Å². The SMILES string of the molecule is O=C(O)C(F)(F)F.O=C(O)C(F)(F)F.c1cncc(CN2CCC3(CC2)CC(N2CCCC2)C3)c1. The molecule has 7 nitrogen and oxygen atoms in total. The van der Waals surface area contributed by atoms with E-state index < -0.39 is 24.3 Å². The molecule has 3 aliphatic rings. The maximum Gasteiger partial charge on any atom is 0.490 e. The third kappa shape index (κ3) is 9.28. The fraction of sp³-hybridized carbons (Fsp3) is 0.682. The number of carboxylic acids is 2. The third-order valence-corrected chi connectivity index (χ3v) is 6.53. The number of alkyl halides is 6. The van der Waals surface area contributed by atoms with Crippen molar-refractivity contribution >= 4 is 11.9 Å². The molecule has 0 radical (unpaired) electrons. The summed E-state index contributed by atoms with van der Waals surface area (Å²) in [4.78, 5) is 27.4. The van der Waals surface area contributed by atoms with Gasteiger partial charge in [-0.15, -0.1) is 0 Å². The second kappa shape index (κ2) is 12.0. The van der Waals surface area contributed by atoms with Crippen LogP contribution in [0.2, 0.25) is 0 Å². The molecule has 35 heavy (non-hydrogen) atoms. The number of hydrogen-bond acceptors (Lipinski definition) is 5. The van der Waals surface area contributed by atoms with Gasteiger partial charge in [0.1, 0.15) is 0 Å². The van der Waals surface area contributed by atoms with Crippen molar-refractivity contribution in [2.24, 2.45) is 5.41 Å². The van der Waals surface area contributed by atoms with E-state index in [9.17, 15) is 26.3 Å². The Bertz CT molecular complexity index is 789. The molecule has 1 spiro atoms. The Kier molecular flexibility index (Phi) is 9.90. The zero-order valence-corrected chi connectivity index (χ0v) is 19.0. The molecule has 4 rings (SSSR count). The van der Waals surface area contributed by atoms with Gasteiger partial charge in [-0.2, -0.15) is 26.3 Å². The predicted octanol–water partition coefficient (Wildman–Crippen LogP) is 4.19. The van der Waals surface area contributed by atoms with Crippen LogP contribution < -0.4 is 0 Å². The Hall–Kier alpha value is -2.41. The molecule has 0 unspecified atom stereocenters. The molecule has 198 valence electrons. The summed E-state index contributed by atoms with van der Waals surface area (Å²) in [6, 6.07) is 5.18. The van der Waals surface area contributed by atoms with Crippen molar-refractivity contribution in [3.8, 4) is 0 Å². The minimum absolute atomic E-state index is 0.707. The Balaban J connectivity index is 0.000000257. The van der Waals surface area contributed by atoms with Crippen molar-refractivity contribution in [3.05, 3.63) is 30.1 Å². The molecule has 0 bridgehead atoms. The van der Waals surface area contributed by atoms with E-state index in [-0.39, 0.29) is 0 Å². The highest BCUT2D eigenvalue weighted by Gasteiger charge is 2.47. The highest BCUT2D eigenvalue weighted by molar-refractivity contribution is 5.73. The van der Waals surface area contributed by atoms with Gasteiger partial charge in [0, 0.05) is 25.0 Å². The summed E-state index contributed by atoms with van der Waals surface area (Å²) >= 11 is 0. The minimum atomic E-state index is -5.08. The van der Waals surface area contributed by atoms with Crippen molar-refractivity contribution in [1.29, 1.82) is 0 Å². The monoisotopic (exact) mass is 513 g/mol. The van der Waals surface area contributed by atoms with Gasteiger partial charge in [0.05, 0.1) is 0 Å². The molecule has 3 fully saturated rings. The minimum Gasteiger partial charge on any atom is -0.475 e. The van der Waals surface area contributed by atoms with Gasteiger partial charge in [-0.05, 0) is 81.7 Å². The lowest BCUT2D eigenvalue weighted by atomic mass is 9.60. The molecule has 1 aromatic heterocycles. The number of hydrogen-bond donors (Lipinski definition) is 2. The van der Waals surface area contributed by atoms with Gasteiger partial charge in [0.15, 0.2) is 0 Å². The highest BCUT2D eigenvalue weighted by atomic mass is 19.4. The van der Waals surface area contributed by atoms with Gasteiger partial charge in [-0.1, -0.05) is 6.07 Å². The smallest absolute Gasteiger partial charge is 0.475 e. The topological polar surface area (TPSA) is 94.0 Å². The molecule has 3 heterocycles. The number of carboxylic acid groups (broad SMARTS) is 2. The van der Waals surface area contributed by atoms with Crippen LogP contribution in [-0.2, 0) is 16.1 Å². The summed E-state index contributed by atoms with van der Waals surface area (Å²) in [6.07, 6.45) is 2.36. The Morgan fingerprint density at radius 2 is 1.43 bits per heavy atom. The molecular formula is C22H29F6N3O4. The summed E-state index contributed by atoms with van der Waals surface area (Å²) in [5, 5.41) is 14.2. The van der Waals surface area contributed by atoms with Crippen LogP contribution in [0.4, 0.5) is 26.3 Å². The molecule has 2 N–H and O–H groups in total. The molecule has 1 aromatic rings. The molecule has 2 saturated heterocycles. The fourth-order valence-corrected chi connectivity index (χ4v) is 4.65. The predicted molar refractivity (Wildman–Crippen MR) is 112 cm³/mol. The number of aliphatic carboxylic acids is 2. The van der Waals surface area contributed by atoms with Gasteiger partial charge < -0.3 is 15.1 Å². The van der Waals surface area contributed by atoms with E-state index >= 15 is 0 Å². The average molecular weight is 513 g/mol. The second-order valence-corrected chi connectivity index (χ2v) is 9.05. The second-order valence-electron chi connectivity index (χ2n) is 9.05. The van der Waals surface area contributed by atoms with E-state index in [0.29, 0.717) is 5.41 Å². The molecule has 1 aliphatic carbocycles. The van der Waals surface area contributed by atoms with Crippen LogP contribution in [0, 0.1) is 5.41 Å². The standard InChI is InChI=1S/C18H27N3.2C2HF3O2/c1-2-9-21(8-1)17-12-18(13-17)5-10-20(11-6-18)15-16-4-3-7-19-14-16;2*3-2(4,5)1(6)7/h3-4,7,14,17H,1-2,5-6,8-13,15H2;2*(H,6,7). The normalized spacial score (nSPS) is 20.7. The van der Waals surface area contributed by atoms with Gasteiger partial charge in [0.25, 0.3) is 0 Å². The first-order chi connectivity index (χ1) is 16.2. The van der Waals surface area contributed by atoms with E-state index in [2.05, 4.69) is 20.9 Å². The molecule has 0 amide bonds. The number of nitrogens with zero attached hydrogens (tertiary/aromatic N) is 3. The molecule has 1 saturated carbocycles. The summed E-state index contributed by atoms with van der Waals surface area (Å²) in [5.41, 5.74) is 2.07. The van der Waals surface area contributed by atoms with E-state index in [0.717, 1.165) is 12.6 Å². The summed E-state index contributed by atoms with van der Waals surface area (Å²) in [7, 11) is 0. The van der Waals surface area contributed by atoms with Gasteiger partial charge in [-0.3, -0.25) is 9.88 Å². The zero-order valence-electron chi connectivity index (χ0n) is 19.0. The number of rotatable bonds is 3. The number of piperidine rings is 1. The van der Waals surface area contributed by atoms with Gasteiger partial charge in [0.2, 0.25) is 0 Å². The maximum atomic E-state index is 10.6. The molecule has 0 aromatic carbocycles. The van der Waals surface area contributed by atoms with E-state index in [1.807, 2.05) is 18.5 Å². The maximum absolute atomic E-state index is 10.6. The van der Waals surface area contributed by atoms with Crippen molar-refractivity contribution < 1.29 is 46.1 Å². The largest absolute Gasteiger partial charge is 0.490 e. The summed E-state index contributed by atoms with van der Waals surface area (Å²) in [6.45, 7) is 6.38. The molecule has 0 atom stereocenters. The molecule has 13 heteroatoms.